The van der Waals surface area contributed by atoms with Crippen LogP contribution < -0.4 is 5.73 Å². The monoisotopic (exact) mass is 400 g/mol. The summed E-state index contributed by atoms with van der Waals surface area (Å²) in [5, 5.41) is 12.4. The van der Waals surface area contributed by atoms with Gasteiger partial charge in [-0.15, -0.1) is 11.8 Å². The number of benzene rings is 1. The summed E-state index contributed by atoms with van der Waals surface area (Å²) in [4.78, 5) is 11.8. The van der Waals surface area contributed by atoms with Gasteiger partial charge in [-0.1, -0.05) is 24.3 Å². The molecular weight excluding hydrogens is 376 g/mol. The Morgan fingerprint density at radius 2 is 1.96 bits per heavy atom. The van der Waals surface area contributed by atoms with Crippen molar-refractivity contribution in [2.24, 2.45) is 5.73 Å². The number of rotatable bonds is 11. The normalized spacial score (nSPS) is 13.2. The molecule has 0 unspecified atom stereocenters. The van der Waals surface area contributed by atoms with Crippen molar-refractivity contribution in [3.8, 4) is 0 Å². The predicted octanol–water partition coefficient (Wildman–Crippen LogP) is 2.77. The highest BCUT2D eigenvalue weighted by atomic mass is 32.2. The second-order valence-electron chi connectivity index (χ2n) is 6.06. The first-order valence-corrected chi connectivity index (χ1v) is 11.0. The lowest BCUT2D eigenvalue weighted by atomic mass is 10.1. The van der Waals surface area contributed by atoms with Crippen LogP contribution in [0, 0.1) is 0 Å². The molecule has 1 atom stereocenters. The summed E-state index contributed by atoms with van der Waals surface area (Å²) >= 11 is 1.41. The van der Waals surface area contributed by atoms with Gasteiger partial charge in [-0.3, -0.25) is 4.55 Å². The second-order valence-corrected chi connectivity index (χ2v) is 8.71. The van der Waals surface area contributed by atoms with Gasteiger partial charge in [0.25, 0.3) is 10.1 Å². The van der Waals surface area contributed by atoms with Gasteiger partial charge in [0.05, 0.1) is 10.8 Å². The Hall–Kier alpha value is -1.55. The minimum Gasteiger partial charge on any atom is -0.480 e. The lowest BCUT2D eigenvalue weighted by Crippen LogP contribution is -2.19. The molecule has 0 aliphatic carbocycles. The maximum Gasteiger partial charge on any atom is 0.326 e. The summed E-state index contributed by atoms with van der Waals surface area (Å²) in [5.41, 5.74) is 5.51. The van der Waals surface area contributed by atoms with E-state index in [2.05, 4.69) is 0 Å². The molecule has 0 fully saturated rings. The van der Waals surface area contributed by atoms with Crippen LogP contribution in [0.1, 0.15) is 31.7 Å². The quantitative estimate of drug-likeness (QED) is 0.301. The van der Waals surface area contributed by atoms with E-state index < -0.39 is 22.1 Å². The fourth-order valence-corrected chi connectivity index (χ4v) is 4.65. The van der Waals surface area contributed by atoms with Gasteiger partial charge in [0.15, 0.2) is 0 Å². The molecule has 7 nitrogen and oxygen atoms in total. The fourth-order valence-electron chi connectivity index (χ4n) is 2.81. The zero-order chi connectivity index (χ0) is 19.2. The Morgan fingerprint density at radius 1 is 1.23 bits per heavy atom. The van der Waals surface area contributed by atoms with E-state index in [9.17, 15) is 18.3 Å². The molecule has 0 radical (unpaired) electrons. The number of fused-ring (bicyclic) bond motifs is 1. The van der Waals surface area contributed by atoms with E-state index in [0.29, 0.717) is 18.7 Å². The van der Waals surface area contributed by atoms with Crippen molar-refractivity contribution >= 4 is 38.6 Å². The molecule has 0 aliphatic heterocycles. The number of carboxylic acid groups (broad SMARTS) is 1. The molecule has 1 aromatic carbocycles. The van der Waals surface area contributed by atoms with E-state index in [4.69, 9.17) is 10.3 Å². The van der Waals surface area contributed by atoms with Crippen LogP contribution in [-0.2, 0) is 14.9 Å². The topological polar surface area (TPSA) is 123 Å². The van der Waals surface area contributed by atoms with E-state index in [1.54, 1.807) is 4.57 Å². The highest BCUT2D eigenvalue weighted by Crippen LogP contribution is 2.34. The SMILES string of the molecule is NCCCC[C@@H](C(=O)O)n1cc2ccccc2c1SCCCS(=O)(=O)O. The number of nitrogens with two attached hydrogens (primary N) is 1. The third kappa shape index (κ3) is 5.73. The van der Waals surface area contributed by atoms with Crippen molar-refractivity contribution in [1.82, 2.24) is 4.57 Å². The van der Waals surface area contributed by atoms with Gasteiger partial charge < -0.3 is 15.4 Å². The van der Waals surface area contributed by atoms with Crippen LogP contribution in [0.3, 0.4) is 0 Å². The molecule has 0 amide bonds. The van der Waals surface area contributed by atoms with E-state index >= 15 is 0 Å². The van der Waals surface area contributed by atoms with Crippen molar-refractivity contribution in [1.29, 1.82) is 0 Å². The molecule has 1 heterocycles. The van der Waals surface area contributed by atoms with Gasteiger partial charge >= 0.3 is 5.97 Å². The first-order chi connectivity index (χ1) is 12.3. The van der Waals surface area contributed by atoms with Gasteiger partial charge in [0, 0.05) is 22.7 Å². The van der Waals surface area contributed by atoms with E-state index in [-0.39, 0.29) is 12.2 Å². The number of hydrogen-bond acceptors (Lipinski definition) is 5. The van der Waals surface area contributed by atoms with E-state index in [1.807, 2.05) is 30.5 Å². The zero-order valence-electron chi connectivity index (χ0n) is 14.4. The Kier molecular flexibility index (Phi) is 7.51. The van der Waals surface area contributed by atoms with Crippen molar-refractivity contribution in [2.45, 2.75) is 36.8 Å². The van der Waals surface area contributed by atoms with Gasteiger partial charge in [-0.25, -0.2) is 4.79 Å². The molecule has 144 valence electrons. The molecule has 0 saturated carbocycles. The summed E-state index contributed by atoms with van der Waals surface area (Å²) in [6, 6.07) is 6.93. The third-order valence-electron chi connectivity index (χ3n) is 4.04. The molecule has 0 saturated heterocycles. The highest BCUT2D eigenvalue weighted by molar-refractivity contribution is 7.99. The smallest absolute Gasteiger partial charge is 0.326 e. The highest BCUT2D eigenvalue weighted by Gasteiger charge is 2.23. The van der Waals surface area contributed by atoms with Crippen molar-refractivity contribution in [3.63, 3.8) is 0 Å². The number of thioether (sulfide) groups is 1. The molecule has 0 bridgehead atoms. The van der Waals surface area contributed by atoms with E-state index in [1.165, 1.54) is 11.8 Å². The molecule has 4 N–H and O–H groups in total. The second kappa shape index (κ2) is 9.40. The summed E-state index contributed by atoms with van der Waals surface area (Å²) in [6.45, 7) is 0.525. The molecular formula is C17H24N2O5S2. The maximum absolute atomic E-state index is 11.8. The Bertz CT molecular complexity index is 848. The molecule has 2 rings (SSSR count). The van der Waals surface area contributed by atoms with Crippen LogP contribution in [-0.4, -0.2) is 46.7 Å². The molecule has 2 aromatic rings. The summed E-state index contributed by atoms with van der Waals surface area (Å²) in [6.07, 6.45) is 4.08. The van der Waals surface area contributed by atoms with E-state index in [0.717, 1.165) is 28.6 Å². The van der Waals surface area contributed by atoms with Crippen LogP contribution in [0.25, 0.3) is 10.8 Å². The maximum atomic E-state index is 11.8. The standard InChI is InChI=1S/C17H24N2O5S2/c18-9-4-3-8-15(17(20)21)19-12-13-6-1-2-7-14(13)16(19)25-10-5-11-26(22,23)24/h1-2,6-7,12,15H,3-5,8-11,18H2,(H,20,21)(H,22,23,24)/t15-/m0/s1. The Morgan fingerprint density at radius 3 is 2.62 bits per heavy atom. The van der Waals surface area contributed by atoms with Crippen molar-refractivity contribution in [3.05, 3.63) is 30.5 Å². The van der Waals surface area contributed by atoms with Gasteiger partial charge in [0.1, 0.15) is 6.04 Å². The summed E-state index contributed by atoms with van der Waals surface area (Å²) in [5.74, 6) is -0.748. The fraction of sp³-hybridized carbons (Fsp3) is 0.471. The first kappa shape index (κ1) is 20.8. The molecule has 26 heavy (non-hydrogen) atoms. The van der Waals surface area contributed by atoms with Gasteiger partial charge in [0.2, 0.25) is 0 Å². The minimum absolute atomic E-state index is 0.286. The van der Waals surface area contributed by atoms with Crippen LogP contribution in [0.2, 0.25) is 0 Å². The number of nitrogens with zero attached hydrogens (tertiary/aromatic N) is 1. The van der Waals surface area contributed by atoms with Crippen LogP contribution in [0.15, 0.2) is 35.5 Å². The first-order valence-electron chi connectivity index (χ1n) is 8.44. The molecule has 0 aliphatic rings. The largest absolute Gasteiger partial charge is 0.480 e. The predicted molar refractivity (Wildman–Crippen MR) is 103 cm³/mol. The Balaban J connectivity index is 2.27. The van der Waals surface area contributed by atoms with Crippen molar-refractivity contribution in [2.75, 3.05) is 18.1 Å². The summed E-state index contributed by atoms with van der Waals surface area (Å²) < 4.78 is 32.4. The lowest BCUT2D eigenvalue weighted by Gasteiger charge is -2.17. The average molecular weight is 401 g/mol. The molecule has 0 spiro atoms. The Labute approximate surface area is 157 Å². The van der Waals surface area contributed by atoms with Crippen molar-refractivity contribution < 1.29 is 22.9 Å². The van der Waals surface area contributed by atoms with Gasteiger partial charge in [-0.2, -0.15) is 8.42 Å². The number of unbranched alkanes of at least 4 members (excludes halogenated alkanes) is 1. The van der Waals surface area contributed by atoms with Crippen LogP contribution in [0.5, 0.6) is 0 Å². The minimum atomic E-state index is -3.99. The third-order valence-corrected chi connectivity index (χ3v) is 6.04. The number of hydrogen-bond donors (Lipinski definition) is 3. The number of carboxylic acids is 1. The number of aliphatic carboxylic acids is 1. The summed E-state index contributed by atoms with van der Waals surface area (Å²) in [7, 11) is -3.99. The molecule has 1 aromatic heterocycles. The average Bonchev–Trinajstić information content (AvgIpc) is 2.92. The number of carbonyl (C=O) groups is 1. The number of aromatic nitrogens is 1. The zero-order valence-corrected chi connectivity index (χ0v) is 16.0. The molecule has 9 heteroatoms. The lowest BCUT2D eigenvalue weighted by molar-refractivity contribution is -0.141. The van der Waals surface area contributed by atoms with Crippen LogP contribution >= 0.6 is 11.8 Å². The van der Waals surface area contributed by atoms with Crippen LogP contribution in [0.4, 0.5) is 0 Å². The van der Waals surface area contributed by atoms with Gasteiger partial charge in [-0.05, 0) is 32.2 Å².